The minimum absolute atomic E-state index is 0.128. The highest BCUT2D eigenvalue weighted by atomic mass is 32.2. The molecule has 3 N–H and O–H groups in total. The normalized spacial score (nSPS) is 14.7. The third kappa shape index (κ3) is 7.96. The van der Waals surface area contributed by atoms with Crippen LogP contribution in [0.1, 0.15) is 13.3 Å². The van der Waals surface area contributed by atoms with E-state index in [1.165, 1.54) is 0 Å². The van der Waals surface area contributed by atoms with Gasteiger partial charge < -0.3 is 24.4 Å². The molecule has 8 heteroatoms. The zero-order valence-electron chi connectivity index (χ0n) is 10.7. The van der Waals surface area contributed by atoms with Crippen LogP contribution in [0.4, 0.5) is 0 Å². The summed E-state index contributed by atoms with van der Waals surface area (Å²) in [5.41, 5.74) is 0. The SMILES string of the molecule is CC(O)C[N+](CCO)(CCO)CCCS(=O)(=O)[O-]. The fourth-order valence-electron chi connectivity index (χ4n) is 2.17. The van der Waals surface area contributed by atoms with Crippen molar-refractivity contribution in [3.8, 4) is 0 Å². The molecular weight excluding hydrogens is 262 g/mol. The van der Waals surface area contributed by atoms with Crippen LogP contribution < -0.4 is 0 Å². The van der Waals surface area contributed by atoms with Gasteiger partial charge in [0.25, 0.3) is 0 Å². The smallest absolute Gasteiger partial charge is 0.105 e. The molecule has 0 amide bonds. The van der Waals surface area contributed by atoms with Crippen LogP contribution >= 0.6 is 0 Å². The number of rotatable bonds is 10. The van der Waals surface area contributed by atoms with Crippen molar-refractivity contribution in [3.05, 3.63) is 0 Å². The summed E-state index contributed by atoms with van der Waals surface area (Å²) in [6.07, 6.45) is -0.481. The fourth-order valence-corrected chi connectivity index (χ4v) is 2.65. The van der Waals surface area contributed by atoms with Gasteiger partial charge >= 0.3 is 0 Å². The first-order valence-corrected chi connectivity index (χ1v) is 7.51. The lowest BCUT2D eigenvalue weighted by atomic mass is 10.2. The quantitative estimate of drug-likeness (QED) is 0.319. The molecular formula is C10H23NO6S. The minimum Gasteiger partial charge on any atom is -0.748 e. The number of nitrogens with zero attached hydrogens (tertiary/aromatic N) is 1. The largest absolute Gasteiger partial charge is 0.748 e. The van der Waals surface area contributed by atoms with E-state index >= 15 is 0 Å². The summed E-state index contributed by atoms with van der Waals surface area (Å²) >= 11 is 0. The van der Waals surface area contributed by atoms with Crippen LogP contribution in [0.15, 0.2) is 0 Å². The first kappa shape index (κ1) is 17.8. The molecule has 0 saturated heterocycles. The highest BCUT2D eigenvalue weighted by Gasteiger charge is 2.28. The Bertz CT molecular complexity index is 310. The zero-order valence-corrected chi connectivity index (χ0v) is 11.5. The van der Waals surface area contributed by atoms with Crippen LogP contribution in [0.25, 0.3) is 0 Å². The van der Waals surface area contributed by atoms with Crippen LogP contribution in [-0.2, 0) is 10.1 Å². The standard InChI is InChI=1S/C10H23NO6S/c1-10(14)9-11(4-6-12,5-7-13)3-2-8-18(15,16)17/h10,12-14H,2-9H2,1H3. The van der Waals surface area contributed by atoms with Gasteiger partial charge in [0.15, 0.2) is 0 Å². The van der Waals surface area contributed by atoms with Crippen LogP contribution in [0, 0.1) is 0 Å². The molecule has 18 heavy (non-hydrogen) atoms. The molecule has 0 aliphatic heterocycles. The lowest BCUT2D eigenvalue weighted by molar-refractivity contribution is -0.931. The van der Waals surface area contributed by atoms with Crippen LogP contribution in [-0.4, -0.2) is 84.0 Å². The predicted octanol–water partition coefficient (Wildman–Crippen LogP) is -1.90. The van der Waals surface area contributed by atoms with Crippen molar-refractivity contribution in [1.29, 1.82) is 0 Å². The van der Waals surface area contributed by atoms with E-state index in [1.54, 1.807) is 6.92 Å². The predicted molar refractivity (Wildman–Crippen MR) is 64.8 cm³/mol. The van der Waals surface area contributed by atoms with Crippen molar-refractivity contribution in [2.45, 2.75) is 19.4 Å². The molecule has 7 nitrogen and oxygen atoms in total. The number of aliphatic hydroxyl groups is 3. The first-order chi connectivity index (χ1) is 8.24. The minimum atomic E-state index is -4.25. The van der Waals surface area contributed by atoms with E-state index < -0.39 is 22.0 Å². The van der Waals surface area contributed by atoms with Crippen molar-refractivity contribution in [3.63, 3.8) is 0 Å². The third-order valence-corrected chi connectivity index (χ3v) is 3.62. The van der Waals surface area contributed by atoms with Gasteiger partial charge in [0, 0.05) is 12.2 Å². The number of aliphatic hydroxyl groups excluding tert-OH is 3. The van der Waals surface area contributed by atoms with Crippen molar-refractivity contribution >= 4 is 10.1 Å². The zero-order chi connectivity index (χ0) is 14.2. The Morgan fingerprint density at radius 2 is 1.67 bits per heavy atom. The van der Waals surface area contributed by atoms with Gasteiger partial charge in [-0.3, -0.25) is 0 Å². The second-order valence-corrected chi connectivity index (χ2v) is 6.13. The molecule has 0 spiro atoms. The molecule has 0 rings (SSSR count). The van der Waals surface area contributed by atoms with Crippen molar-refractivity contribution in [1.82, 2.24) is 0 Å². The lowest BCUT2D eigenvalue weighted by Crippen LogP contribution is -2.55. The maximum Gasteiger partial charge on any atom is 0.105 e. The molecule has 0 aliphatic rings. The van der Waals surface area contributed by atoms with E-state index in [-0.39, 0.29) is 24.1 Å². The molecule has 0 fully saturated rings. The summed E-state index contributed by atoms with van der Waals surface area (Å²) in [6.45, 7) is 2.59. The van der Waals surface area contributed by atoms with Gasteiger partial charge in [0.05, 0.1) is 29.9 Å². The monoisotopic (exact) mass is 285 g/mol. The van der Waals surface area contributed by atoms with Gasteiger partial charge in [0.2, 0.25) is 0 Å². The van der Waals surface area contributed by atoms with Crippen LogP contribution in [0.3, 0.4) is 0 Å². The maximum absolute atomic E-state index is 10.5. The topological polar surface area (TPSA) is 118 Å². The summed E-state index contributed by atoms with van der Waals surface area (Å²) in [7, 11) is -4.25. The molecule has 110 valence electrons. The van der Waals surface area contributed by atoms with Gasteiger partial charge in [0.1, 0.15) is 25.7 Å². The van der Waals surface area contributed by atoms with Crippen molar-refractivity contribution < 1.29 is 32.8 Å². The van der Waals surface area contributed by atoms with Gasteiger partial charge in [-0.05, 0) is 6.92 Å². The highest BCUT2D eigenvalue weighted by molar-refractivity contribution is 7.85. The van der Waals surface area contributed by atoms with E-state index in [2.05, 4.69) is 0 Å². The summed E-state index contributed by atoms with van der Waals surface area (Å²) < 4.78 is 31.8. The molecule has 1 atom stereocenters. The first-order valence-electron chi connectivity index (χ1n) is 5.93. The van der Waals surface area contributed by atoms with Gasteiger partial charge in [-0.15, -0.1) is 0 Å². The number of hydrogen-bond acceptors (Lipinski definition) is 6. The average molecular weight is 285 g/mol. The van der Waals surface area contributed by atoms with Crippen LogP contribution in [0.2, 0.25) is 0 Å². The Kier molecular flexibility index (Phi) is 7.92. The summed E-state index contributed by atoms with van der Waals surface area (Å²) in [5.74, 6) is -0.469. The molecule has 0 saturated carbocycles. The Morgan fingerprint density at radius 1 is 1.17 bits per heavy atom. The molecule has 1 unspecified atom stereocenters. The fraction of sp³-hybridized carbons (Fsp3) is 1.00. The van der Waals surface area contributed by atoms with E-state index in [0.717, 1.165) is 0 Å². The van der Waals surface area contributed by atoms with E-state index in [9.17, 15) is 18.1 Å². The van der Waals surface area contributed by atoms with Gasteiger partial charge in [-0.1, -0.05) is 0 Å². The molecule has 0 aromatic rings. The third-order valence-electron chi connectivity index (χ3n) is 2.83. The molecule has 0 aromatic heterocycles. The van der Waals surface area contributed by atoms with Gasteiger partial charge in [-0.25, -0.2) is 8.42 Å². The van der Waals surface area contributed by atoms with E-state index in [1.807, 2.05) is 0 Å². The Morgan fingerprint density at radius 3 is 2.00 bits per heavy atom. The lowest BCUT2D eigenvalue weighted by Gasteiger charge is -2.39. The van der Waals surface area contributed by atoms with Crippen molar-refractivity contribution in [2.24, 2.45) is 0 Å². The summed E-state index contributed by atoms with van der Waals surface area (Å²) in [6, 6.07) is 0. The Hall–Kier alpha value is -0.250. The second kappa shape index (κ2) is 8.03. The van der Waals surface area contributed by atoms with Crippen LogP contribution in [0.5, 0.6) is 0 Å². The van der Waals surface area contributed by atoms with Crippen molar-refractivity contribution in [2.75, 3.05) is 45.1 Å². The molecule has 0 aliphatic carbocycles. The summed E-state index contributed by atoms with van der Waals surface area (Å²) in [4.78, 5) is 0. The maximum atomic E-state index is 10.5. The van der Waals surface area contributed by atoms with E-state index in [0.29, 0.717) is 26.2 Å². The average Bonchev–Trinajstić information content (AvgIpc) is 2.14. The Balaban J connectivity index is 4.60. The molecule has 0 radical (unpaired) electrons. The van der Waals surface area contributed by atoms with E-state index in [4.69, 9.17) is 10.2 Å². The highest BCUT2D eigenvalue weighted by Crippen LogP contribution is 2.10. The molecule has 0 bridgehead atoms. The molecule has 0 aromatic carbocycles. The van der Waals surface area contributed by atoms with Gasteiger partial charge in [-0.2, -0.15) is 0 Å². The number of quaternary nitrogens is 1. The second-order valence-electron chi connectivity index (χ2n) is 4.61. The summed E-state index contributed by atoms with van der Waals surface area (Å²) in [5, 5.41) is 27.5. The molecule has 0 heterocycles. The number of hydrogen-bond donors (Lipinski definition) is 3. The Labute approximate surface area is 108 Å².